The first-order valence-corrected chi connectivity index (χ1v) is 5.99. The SMILES string of the molecule is CNCc1cccc(COc2ccc(F)cc2F)c1. The highest BCUT2D eigenvalue weighted by Gasteiger charge is 2.05. The number of ether oxygens (including phenoxy) is 1. The summed E-state index contributed by atoms with van der Waals surface area (Å²) < 4.78 is 31.5. The van der Waals surface area contributed by atoms with Crippen molar-refractivity contribution in [2.45, 2.75) is 13.2 Å². The van der Waals surface area contributed by atoms with Crippen LogP contribution in [-0.2, 0) is 13.2 Å². The van der Waals surface area contributed by atoms with Crippen LogP contribution < -0.4 is 10.1 Å². The van der Waals surface area contributed by atoms with Crippen LogP contribution in [0.15, 0.2) is 42.5 Å². The van der Waals surface area contributed by atoms with Crippen LogP contribution in [0, 0.1) is 11.6 Å². The summed E-state index contributed by atoms with van der Waals surface area (Å²) in [6, 6.07) is 11.1. The molecule has 1 N–H and O–H groups in total. The zero-order valence-corrected chi connectivity index (χ0v) is 10.6. The van der Waals surface area contributed by atoms with E-state index in [0.29, 0.717) is 0 Å². The Morgan fingerprint density at radius 3 is 2.58 bits per heavy atom. The maximum Gasteiger partial charge on any atom is 0.167 e. The van der Waals surface area contributed by atoms with Gasteiger partial charge in [0.15, 0.2) is 11.6 Å². The molecular weight excluding hydrogens is 248 g/mol. The fourth-order valence-corrected chi connectivity index (χ4v) is 1.79. The van der Waals surface area contributed by atoms with Gasteiger partial charge in [-0.05, 0) is 30.3 Å². The summed E-state index contributed by atoms with van der Waals surface area (Å²) >= 11 is 0. The summed E-state index contributed by atoms with van der Waals surface area (Å²) in [5, 5.41) is 3.06. The first kappa shape index (κ1) is 13.5. The molecule has 0 saturated carbocycles. The minimum absolute atomic E-state index is 0.0559. The number of benzene rings is 2. The van der Waals surface area contributed by atoms with E-state index in [1.54, 1.807) is 0 Å². The van der Waals surface area contributed by atoms with Gasteiger partial charge in [-0.3, -0.25) is 0 Å². The van der Waals surface area contributed by atoms with Crippen molar-refractivity contribution < 1.29 is 13.5 Å². The molecule has 4 heteroatoms. The quantitative estimate of drug-likeness (QED) is 0.894. The van der Waals surface area contributed by atoms with Crippen molar-refractivity contribution in [2.75, 3.05) is 7.05 Å². The predicted octanol–water partition coefficient (Wildman–Crippen LogP) is 3.26. The van der Waals surface area contributed by atoms with Gasteiger partial charge in [-0.2, -0.15) is 0 Å². The molecule has 0 heterocycles. The average molecular weight is 263 g/mol. The zero-order valence-electron chi connectivity index (χ0n) is 10.6. The third-order valence-electron chi connectivity index (χ3n) is 2.66. The lowest BCUT2D eigenvalue weighted by Crippen LogP contribution is -2.05. The highest BCUT2D eigenvalue weighted by atomic mass is 19.1. The summed E-state index contributed by atoms with van der Waals surface area (Å²) in [4.78, 5) is 0. The van der Waals surface area contributed by atoms with Crippen LogP contribution in [0.1, 0.15) is 11.1 Å². The van der Waals surface area contributed by atoms with E-state index in [0.717, 1.165) is 23.7 Å². The molecule has 0 saturated heterocycles. The van der Waals surface area contributed by atoms with E-state index in [2.05, 4.69) is 5.32 Å². The van der Waals surface area contributed by atoms with Crippen molar-refractivity contribution in [1.29, 1.82) is 0 Å². The second kappa shape index (κ2) is 6.29. The van der Waals surface area contributed by atoms with Crippen LogP contribution in [0.5, 0.6) is 5.75 Å². The Kier molecular flexibility index (Phi) is 4.47. The Hall–Kier alpha value is -1.94. The van der Waals surface area contributed by atoms with Crippen LogP contribution in [0.25, 0.3) is 0 Å². The molecule has 0 unspecified atom stereocenters. The van der Waals surface area contributed by atoms with Gasteiger partial charge >= 0.3 is 0 Å². The van der Waals surface area contributed by atoms with E-state index in [1.165, 1.54) is 12.1 Å². The van der Waals surface area contributed by atoms with Gasteiger partial charge < -0.3 is 10.1 Å². The topological polar surface area (TPSA) is 21.3 Å². The highest BCUT2D eigenvalue weighted by Crippen LogP contribution is 2.19. The third kappa shape index (κ3) is 3.76. The monoisotopic (exact) mass is 263 g/mol. The summed E-state index contributed by atoms with van der Waals surface area (Å²) in [6.07, 6.45) is 0. The lowest BCUT2D eigenvalue weighted by atomic mass is 10.1. The molecule has 100 valence electrons. The Labute approximate surface area is 111 Å². The average Bonchev–Trinajstić information content (AvgIpc) is 2.38. The minimum Gasteiger partial charge on any atom is -0.486 e. The van der Waals surface area contributed by atoms with Gasteiger partial charge in [0, 0.05) is 12.6 Å². The second-order valence-electron chi connectivity index (χ2n) is 4.21. The van der Waals surface area contributed by atoms with E-state index in [4.69, 9.17) is 4.74 Å². The molecule has 0 fully saturated rings. The number of hydrogen-bond acceptors (Lipinski definition) is 2. The molecule has 0 atom stereocenters. The zero-order chi connectivity index (χ0) is 13.7. The number of nitrogens with one attached hydrogen (secondary N) is 1. The standard InChI is InChI=1S/C15H15F2NO/c1-18-9-11-3-2-4-12(7-11)10-19-15-6-5-13(16)8-14(15)17/h2-8,18H,9-10H2,1H3. The smallest absolute Gasteiger partial charge is 0.167 e. The molecule has 2 nitrogen and oxygen atoms in total. The van der Waals surface area contributed by atoms with E-state index in [9.17, 15) is 8.78 Å². The number of halogens is 2. The molecule has 0 aliphatic carbocycles. The Morgan fingerprint density at radius 2 is 1.84 bits per heavy atom. The maximum absolute atomic E-state index is 13.4. The minimum atomic E-state index is -0.689. The lowest BCUT2D eigenvalue weighted by molar-refractivity contribution is 0.289. The molecule has 2 aromatic carbocycles. The summed E-state index contributed by atoms with van der Waals surface area (Å²) in [5.41, 5.74) is 2.07. The van der Waals surface area contributed by atoms with Crippen molar-refractivity contribution in [1.82, 2.24) is 5.32 Å². The van der Waals surface area contributed by atoms with Crippen molar-refractivity contribution in [3.05, 3.63) is 65.2 Å². The van der Waals surface area contributed by atoms with Gasteiger partial charge in [0.05, 0.1) is 0 Å². The first-order chi connectivity index (χ1) is 9.19. The fraction of sp³-hybridized carbons (Fsp3) is 0.200. The molecule has 0 radical (unpaired) electrons. The van der Waals surface area contributed by atoms with Crippen LogP contribution in [0.4, 0.5) is 8.78 Å². The Bertz CT molecular complexity index is 558. The van der Waals surface area contributed by atoms with Crippen LogP contribution in [0.3, 0.4) is 0 Å². The van der Waals surface area contributed by atoms with E-state index >= 15 is 0 Å². The number of rotatable bonds is 5. The molecule has 0 amide bonds. The summed E-state index contributed by atoms with van der Waals surface area (Å²) in [7, 11) is 1.87. The molecule has 0 bridgehead atoms. The molecule has 2 aromatic rings. The third-order valence-corrected chi connectivity index (χ3v) is 2.66. The number of hydrogen-bond donors (Lipinski definition) is 1. The van der Waals surface area contributed by atoms with Crippen LogP contribution in [0.2, 0.25) is 0 Å². The van der Waals surface area contributed by atoms with Gasteiger partial charge in [0.1, 0.15) is 12.4 Å². The molecule has 19 heavy (non-hydrogen) atoms. The van der Waals surface area contributed by atoms with Gasteiger partial charge in [-0.1, -0.05) is 24.3 Å². The van der Waals surface area contributed by atoms with Gasteiger partial charge in [0.25, 0.3) is 0 Å². The summed E-state index contributed by atoms with van der Waals surface area (Å²) in [6.45, 7) is 1.01. The fourth-order valence-electron chi connectivity index (χ4n) is 1.79. The molecular formula is C15H15F2NO. The first-order valence-electron chi connectivity index (χ1n) is 5.99. The van der Waals surface area contributed by atoms with Crippen molar-refractivity contribution in [3.63, 3.8) is 0 Å². The second-order valence-corrected chi connectivity index (χ2v) is 4.21. The molecule has 0 spiro atoms. The van der Waals surface area contributed by atoms with Crippen molar-refractivity contribution in [2.24, 2.45) is 0 Å². The molecule has 2 rings (SSSR count). The van der Waals surface area contributed by atoms with E-state index < -0.39 is 11.6 Å². The largest absolute Gasteiger partial charge is 0.486 e. The van der Waals surface area contributed by atoms with Gasteiger partial charge in [-0.15, -0.1) is 0 Å². The molecule has 0 aromatic heterocycles. The van der Waals surface area contributed by atoms with E-state index in [-0.39, 0.29) is 12.4 Å². The van der Waals surface area contributed by atoms with Crippen molar-refractivity contribution >= 4 is 0 Å². The highest BCUT2D eigenvalue weighted by molar-refractivity contribution is 5.27. The molecule has 0 aliphatic heterocycles. The normalized spacial score (nSPS) is 10.5. The predicted molar refractivity (Wildman–Crippen MR) is 69.9 cm³/mol. The van der Waals surface area contributed by atoms with Crippen LogP contribution >= 0.6 is 0 Å². The van der Waals surface area contributed by atoms with E-state index in [1.807, 2.05) is 31.3 Å². The van der Waals surface area contributed by atoms with Crippen molar-refractivity contribution in [3.8, 4) is 5.75 Å². The lowest BCUT2D eigenvalue weighted by Gasteiger charge is -2.08. The summed E-state index contributed by atoms with van der Waals surface area (Å²) in [5.74, 6) is -1.24. The Balaban J connectivity index is 2.03. The maximum atomic E-state index is 13.4. The van der Waals surface area contributed by atoms with Gasteiger partial charge in [0.2, 0.25) is 0 Å². The molecule has 0 aliphatic rings. The van der Waals surface area contributed by atoms with Crippen LogP contribution in [-0.4, -0.2) is 7.05 Å². The van der Waals surface area contributed by atoms with Gasteiger partial charge in [-0.25, -0.2) is 8.78 Å². The Morgan fingerprint density at radius 1 is 1.05 bits per heavy atom.